The molecule has 2 N–H and O–H groups in total. The summed E-state index contributed by atoms with van der Waals surface area (Å²) in [6.45, 7) is 1.96. The van der Waals surface area contributed by atoms with E-state index in [-0.39, 0.29) is 5.91 Å². The molecule has 1 aliphatic rings. The van der Waals surface area contributed by atoms with E-state index in [1.165, 1.54) is 36.0 Å². The minimum absolute atomic E-state index is 0.372. The van der Waals surface area contributed by atoms with Crippen molar-refractivity contribution in [3.05, 3.63) is 94.5 Å². The molecule has 0 radical (unpaired) electrons. The van der Waals surface area contributed by atoms with Crippen molar-refractivity contribution in [3.63, 3.8) is 0 Å². The Morgan fingerprint density at radius 3 is 2.22 bits per heavy atom. The van der Waals surface area contributed by atoms with Gasteiger partial charge in [-0.25, -0.2) is 0 Å². The predicted octanol–water partition coefficient (Wildman–Crippen LogP) is 5.11. The lowest BCUT2D eigenvalue weighted by Gasteiger charge is -2.11. The summed E-state index contributed by atoms with van der Waals surface area (Å²) in [5.41, 5.74) is 13.7. The monoisotopic (exact) mass is 355 g/mol. The van der Waals surface area contributed by atoms with Gasteiger partial charge in [0.1, 0.15) is 0 Å². The lowest BCUT2D eigenvalue weighted by molar-refractivity contribution is 0.1000. The molecule has 3 aromatic rings. The van der Waals surface area contributed by atoms with E-state index in [4.69, 9.17) is 5.73 Å². The second-order valence-electron chi connectivity index (χ2n) is 7.62. The summed E-state index contributed by atoms with van der Waals surface area (Å²) in [4.78, 5) is 11.6. The van der Waals surface area contributed by atoms with Gasteiger partial charge >= 0.3 is 0 Å². The van der Waals surface area contributed by atoms with Crippen molar-refractivity contribution in [1.29, 1.82) is 0 Å². The Labute approximate surface area is 161 Å². The van der Waals surface area contributed by atoms with Crippen LogP contribution in [0.5, 0.6) is 0 Å². The van der Waals surface area contributed by atoms with E-state index >= 15 is 0 Å². The standard InChI is InChI=1S/C25H25NO/c1-17-23(7-4-8-24(17)25(26)27)20-13-11-18(12-14-20)9-10-19-15-21-5-2-3-6-22(21)16-19/h2-8,11-14,19H,9-10,15-16H2,1H3,(H2,26,27). The first-order valence-electron chi connectivity index (χ1n) is 9.67. The van der Waals surface area contributed by atoms with Gasteiger partial charge in [0.25, 0.3) is 0 Å². The Morgan fingerprint density at radius 2 is 1.59 bits per heavy atom. The van der Waals surface area contributed by atoms with Crippen LogP contribution in [0.1, 0.15) is 39.0 Å². The van der Waals surface area contributed by atoms with Gasteiger partial charge in [0.05, 0.1) is 0 Å². The van der Waals surface area contributed by atoms with Crippen molar-refractivity contribution in [1.82, 2.24) is 0 Å². The minimum Gasteiger partial charge on any atom is -0.366 e. The zero-order valence-electron chi connectivity index (χ0n) is 15.7. The zero-order chi connectivity index (χ0) is 18.8. The van der Waals surface area contributed by atoms with Gasteiger partial charge in [-0.15, -0.1) is 0 Å². The van der Waals surface area contributed by atoms with Crippen LogP contribution in [0.3, 0.4) is 0 Å². The quantitative estimate of drug-likeness (QED) is 0.679. The van der Waals surface area contributed by atoms with Crippen LogP contribution in [0.25, 0.3) is 11.1 Å². The molecule has 0 spiro atoms. The predicted molar refractivity (Wildman–Crippen MR) is 111 cm³/mol. The second kappa shape index (κ2) is 7.40. The van der Waals surface area contributed by atoms with Crippen LogP contribution >= 0.6 is 0 Å². The van der Waals surface area contributed by atoms with Gasteiger partial charge in [-0.3, -0.25) is 4.79 Å². The molecule has 2 heteroatoms. The van der Waals surface area contributed by atoms with E-state index < -0.39 is 0 Å². The van der Waals surface area contributed by atoms with E-state index in [2.05, 4.69) is 48.5 Å². The molecule has 1 aliphatic carbocycles. The van der Waals surface area contributed by atoms with Crippen LogP contribution in [-0.2, 0) is 19.3 Å². The maximum Gasteiger partial charge on any atom is 0.248 e. The number of aryl methyl sites for hydroxylation is 1. The van der Waals surface area contributed by atoms with Gasteiger partial charge in [0.2, 0.25) is 5.91 Å². The molecule has 0 heterocycles. The van der Waals surface area contributed by atoms with E-state index in [0.29, 0.717) is 5.56 Å². The number of benzene rings is 3. The first kappa shape index (κ1) is 17.5. The first-order chi connectivity index (χ1) is 13.1. The summed E-state index contributed by atoms with van der Waals surface area (Å²) in [5, 5.41) is 0. The van der Waals surface area contributed by atoms with Crippen LogP contribution in [0.4, 0.5) is 0 Å². The molecule has 2 nitrogen and oxygen atoms in total. The Kier molecular flexibility index (Phi) is 4.81. The van der Waals surface area contributed by atoms with Crippen LogP contribution in [-0.4, -0.2) is 5.91 Å². The molecule has 4 rings (SSSR count). The van der Waals surface area contributed by atoms with Crippen molar-refractivity contribution in [3.8, 4) is 11.1 Å². The number of rotatable bonds is 5. The average molecular weight is 355 g/mol. The van der Waals surface area contributed by atoms with E-state index in [9.17, 15) is 4.79 Å². The normalized spacial score (nSPS) is 13.5. The highest BCUT2D eigenvalue weighted by molar-refractivity contribution is 5.96. The van der Waals surface area contributed by atoms with Gasteiger partial charge < -0.3 is 5.73 Å². The second-order valence-corrected chi connectivity index (χ2v) is 7.62. The molecule has 0 aliphatic heterocycles. The number of primary amides is 1. The smallest absolute Gasteiger partial charge is 0.248 e. The van der Waals surface area contributed by atoms with E-state index in [0.717, 1.165) is 29.0 Å². The fourth-order valence-electron chi connectivity index (χ4n) is 4.29. The van der Waals surface area contributed by atoms with Gasteiger partial charge in [-0.2, -0.15) is 0 Å². The fourth-order valence-corrected chi connectivity index (χ4v) is 4.29. The molecule has 0 fully saturated rings. The van der Waals surface area contributed by atoms with Gasteiger partial charge in [0, 0.05) is 5.56 Å². The van der Waals surface area contributed by atoms with Crippen molar-refractivity contribution < 1.29 is 4.79 Å². The summed E-state index contributed by atoms with van der Waals surface area (Å²) in [6, 6.07) is 23.3. The molecule has 0 saturated carbocycles. The van der Waals surface area contributed by atoms with Gasteiger partial charge in [0.15, 0.2) is 0 Å². The minimum atomic E-state index is -0.372. The molecule has 0 atom stereocenters. The topological polar surface area (TPSA) is 43.1 Å². The lowest BCUT2D eigenvalue weighted by Crippen LogP contribution is -2.12. The summed E-state index contributed by atoms with van der Waals surface area (Å²) >= 11 is 0. The number of carbonyl (C=O) groups is 1. The molecule has 136 valence electrons. The van der Waals surface area contributed by atoms with Gasteiger partial charge in [-0.05, 0) is 78.0 Å². The highest BCUT2D eigenvalue weighted by atomic mass is 16.1. The van der Waals surface area contributed by atoms with Crippen LogP contribution < -0.4 is 5.73 Å². The maximum absolute atomic E-state index is 11.6. The highest BCUT2D eigenvalue weighted by Crippen LogP contribution is 2.30. The molecule has 1 amide bonds. The molecular weight excluding hydrogens is 330 g/mol. The SMILES string of the molecule is Cc1c(C(N)=O)cccc1-c1ccc(CCC2Cc3ccccc3C2)cc1. The van der Waals surface area contributed by atoms with Crippen molar-refractivity contribution in [2.24, 2.45) is 11.7 Å². The number of carbonyl (C=O) groups excluding carboxylic acids is 1. The Morgan fingerprint density at radius 1 is 0.926 bits per heavy atom. The Balaban J connectivity index is 1.43. The number of fused-ring (bicyclic) bond motifs is 1. The Bertz CT molecular complexity index is 947. The number of amides is 1. The van der Waals surface area contributed by atoms with E-state index in [1.54, 1.807) is 6.07 Å². The highest BCUT2D eigenvalue weighted by Gasteiger charge is 2.20. The average Bonchev–Trinajstić information content (AvgIpc) is 3.10. The van der Waals surface area contributed by atoms with Crippen LogP contribution in [0.15, 0.2) is 66.7 Å². The van der Waals surface area contributed by atoms with Crippen molar-refractivity contribution >= 4 is 5.91 Å². The maximum atomic E-state index is 11.6. The first-order valence-corrected chi connectivity index (χ1v) is 9.67. The third kappa shape index (κ3) is 3.66. The molecule has 0 aromatic heterocycles. The van der Waals surface area contributed by atoms with Crippen molar-refractivity contribution in [2.45, 2.75) is 32.6 Å². The fraction of sp³-hybridized carbons (Fsp3) is 0.240. The molecule has 0 saturated heterocycles. The Hall–Kier alpha value is -2.87. The number of hydrogen-bond acceptors (Lipinski definition) is 1. The van der Waals surface area contributed by atoms with Crippen molar-refractivity contribution in [2.75, 3.05) is 0 Å². The lowest BCUT2D eigenvalue weighted by atomic mass is 9.93. The summed E-state index contributed by atoms with van der Waals surface area (Å²) in [5.74, 6) is 0.389. The molecule has 0 unspecified atom stereocenters. The van der Waals surface area contributed by atoms with Crippen LogP contribution in [0, 0.1) is 12.8 Å². The number of nitrogens with two attached hydrogens (primary N) is 1. The van der Waals surface area contributed by atoms with Gasteiger partial charge in [-0.1, -0.05) is 60.7 Å². The van der Waals surface area contributed by atoms with Crippen LogP contribution in [0.2, 0.25) is 0 Å². The van der Waals surface area contributed by atoms with E-state index in [1.807, 2.05) is 19.1 Å². The molecular formula is C25H25NO. The molecule has 27 heavy (non-hydrogen) atoms. The third-order valence-corrected chi connectivity index (χ3v) is 5.84. The zero-order valence-corrected chi connectivity index (χ0v) is 15.7. The number of hydrogen-bond donors (Lipinski definition) is 1. The third-order valence-electron chi connectivity index (χ3n) is 5.84. The summed E-state index contributed by atoms with van der Waals surface area (Å²) < 4.78 is 0. The summed E-state index contributed by atoms with van der Waals surface area (Å²) in [7, 11) is 0. The largest absolute Gasteiger partial charge is 0.366 e. The molecule has 0 bridgehead atoms. The molecule has 3 aromatic carbocycles. The summed E-state index contributed by atoms with van der Waals surface area (Å²) in [6.07, 6.45) is 4.77.